The molecule has 0 aliphatic carbocycles. The predicted molar refractivity (Wildman–Crippen MR) is 155 cm³/mol. The molecule has 1 saturated heterocycles. The van der Waals surface area contributed by atoms with E-state index >= 15 is 0 Å². The Morgan fingerprint density at radius 2 is 1.76 bits per heavy atom. The summed E-state index contributed by atoms with van der Waals surface area (Å²) in [6, 6.07) is 23.2. The molecule has 0 spiro atoms. The van der Waals surface area contributed by atoms with E-state index in [1.54, 1.807) is 18.0 Å². The van der Waals surface area contributed by atoms with E-state index in [-0.39, 0.29) is 6.10 Å². The first-order valence-electron chi connectivity index (χ1n) is 13.0. The summed E-state index contributed by atoms with van der Waals surface area (Å²) in [5.74, 6) is 2.44. The van der Waals surface area contributed by atoms with Crippen LogP contribution in [-0.2, 0) is 6.54 Å². The van der Waals surface area contributed by atoms with Gasteiger partial charge in [-0.2, -0.15) is 0 Å². The second kappa shape index (κ2) is 10.6. The predicted octanol–water partition coefficient (Wildman–Crippen LogP) is 6.10. The number of rotatable bonds is 6. The van der Waals surface area contributed by atoms with Crippen LogP contribution in [0.4, 0.5) is 28.7 Å². The molecule has 0 unspecified atom stereocenters. The number of fused-ring (bicyclic) bond motifs is 2. The summed E-state index contributed by atoms with van der Waals surface area (Å²) >= 11 is 1.77. The largest absolute Gasteiger partial charge is 0.490 e. The van der Waals surface area contributed by atoms with E-state index in [2.05, 4.69) is 82.3 Å². The van der Waals surface area contributed by atoms with E-state index in [4.69, 9.17) is 15.5 Å². The number of nitrogens with zero attached hydrogens (tertiary/aromatic N) is 5. The highest BCUT2D eigenvalue weighted by Crippen LogP contribution is 2.51. The molecule has 1 fully saturated rings. The summed E-state index contributed by atoms with van der Waals surface area (Å²) < 4.78 is 6.40. The van der Waals surface area contributed by atoms with Gasteiger partial charge in [-0.3, -0.25) is 9.80 Å². The lowest BCUT2D eigenvalue weighted by molar-refractivity contribution is 0.0968. The van der Waals surface area contributed by atoms with E-state index in [0.717, 1.165) is 66.0 Å². The van der Waals surface area contributed by atoms with Gasteiger partial charge in [-0.25, -0.2) is 9.97 Å². The Morgan fingerprint density at radius 3 is 2.53 bits per heavy atom. The number of benzene rings is 2. The standard InChI is InChI=1S/C30H32N6OS/c1-34(2)23-7-10-27-26(19-23)36(30-28(38-27)4-3-14-33-30)22-5-8-24(9-6-22)37-25-12-16-35(17-13-25)20-21-11-15-32-29(31)18-21/h3-11,14-15,18-19,25H,12-13,16-17,20H2,1-2H3,(H2,31,32). The molecule has 38 heavy (non-hydrogen) atoms. The molecule has 6 rings (SSSR count). The van der Waals surface area contributed by atoms with E-state index in [1.807, 2.05) is 24.4 Å². The molecule has 2 aromatic heterocycles. The number of aromatic nitrogens is 2. The van der Waals surface area contributed by atoms with Gasteiger partial charge in [0.25, 0.3) is 0 Å². The molecule has 2 aliphatic rings. The van der Waals surface area contributed by atoms with Gasteiger partial charge in [0.15, 0.2) is 5.82 Å². The Labute approximate surface area is 228 Å². The van der Waals surface area contributed by atoms with Crippen molar-refractivity contribution in [3.8, 4) is 5.75 Å². The highest BCUT2D eigenvalue weighted by Gasteiger charge is 2.27. The van der Waals surface area contributed by atoms with Crippen molar-refractivity contribution in [3.05, 3.63) is 84.7 Å². The van der Waals surface area contributed by atoms with Crippen molar-refractivity contribution >= 4 is 40.5 Å². The molecule has 7 nitrogen and oxygen atoms in total. The zero-order valence-electron chi connectivity index (χ0n) is 21.7. The third-order valence-corrected chi connectivity index (χ3v) is 8.17. The Hall–Kier alpha value is -3.75. The Kier molecular flexibility index (Phi) is 6.82. The lowest BCUT2D eigenvalue weighted by Gasteiger charge is -2.33. The third kappa shape index (κ3) is 5.14. The maximum atomic E-state index is 6.40. The lowest BCUT2D eigenvalue weighted by atomic mass is 10.1. The molecule has 2 aromatic carbocycles. The van der Waals surface area contributed by atoms with Crippen molar-refractivity contribution in [3.63, 3.8) is 0 Å². The number of nitrogen functional groups attached to an aromatic ring is 1. The average molecular weight is 525 g/mol. The van der Waals surface area contributed by atoms with E-state index < -0.39 is 0 Å². The van der Waals surface area contributed by atoms with Gasteiger partial charge < -0.3 is 15.4 Å². The van der Waals surface area contributed by atoms with Crippen molar-refractivity contribution in [2.45, 2.75) is 35.3 Å². The number of hydrogen-bond donors (Lipinski definition) is 1. The van der Waals surface area contributed by atoms with Gasteiger partial charge in [0.2, 0.25) is 0 Å². The van der Waals surface area contributed by atoms with Crippen LogP contribution in [0.5, 0.6) is 5.75 Å². The number of anilines is 5. The summed E-state index contributed by atoms with van der Waals surface area (Å²) in [6.45, 7) is 2.91. The van der Waals surface area contributed by atoms with Crippen LogP contribution in [0, 0.1) is 0 Å². The molecule has 4 heterocycles. The average Bonchev–Trinajstić information content (AvgIpc) is 2.93. The van der Waals surface area contributed by atoms with Gasteiger partial charge in [0, 0.05) is 62.4 Å². The summed E-state index contributed by atoms with van der Waals surface area (Å²) in [4.78, 5) is 18.1. The molecule has 0 saturated carbocycles. The van der Waals surface area contributed by atoms with Crippen molar-refractivity contribution in [1.82, 2.24) is 14.9 Å². The first-order chi connectivity index (χ1) is 18.5. The van der Waals surface area contributed by atoms with Gasteiger partial charge in [0.05, 0.1) is 10.6 Å². The fourth-order valence-corrected chi connectivity index (χ4v) is 6.08. The van der Waals surface area contributed by atoms with Crippen molar-refractivity contribution < 1.29 is 4.74 Å². The number of hydrogen-bond acceptors (Lipinski definition) is 8. The van der Waals surface area contributed by atoms with Gasteiger partial charge >= 0.3 is 0 Å². The van der Waals surface area contributed by atoms with E-state index in [9.17, 15) is 0 Å². The minimum absolute atomic E-state index is 0.219. The van der Waals surface area contributed by atoms with Crippen molar-refractivity contribution in [2.24, 2.45) is 0 Å². The van der Waals surface area contributed by atoms with E-state index in [0.29, 0.717) is 5.82 Å². The molecule has 0 atom stereocenters. The topological polar surface area (TPSA) is 70.8 Å². The SMILES string of the molecule is CN(C)c1ccc2c(c1)N(c1ccc(OC3CCN(Cc4ccnc(N)c4)CC3)cc1)c1ncccc1S2. The highest BCUT2D eigenvalue weighted by molar-refractivity contribution is 7.99. The highest BCUT2D eigenvalue weighted by atomic mass is 32.2. The van der Waals surface area contributed by atoms with Crippen molar-refractivity contribution in [1.29, 1.82) is 0 Å². The fourth-order valence-electron chi connectivity index (χ4n) is 5.07. The van der Waals surface area contributed by atoms with Gasteiger partial charge in [-0.15, -0.1) is 0 Å². The van der Waals surface area contributed by atoms with Crippen LogP contribution in [0.25, 0.3) is 0 Å². The maximum absolute atomic E-state index is 6.40. The van der Waals surface area contributed by atoms with Gasteiger partial charge in [-0.1, -0.05) is 11.8 Å². The molecular formula is C30H32N6OS. The molecule has 0 bridgehead atoms. The van der Waals surface area contributed by atoms with Crippen LogP contribution in [0.1, 0.15) is 18.4 Å². The van der Waals surface area contributed by atoms with Crippen LogP contribution in [0.2, 0.25) is 0 Å². The van der Waals surface area contributed by atoms with Crippen LogP contribution in [-0.4, -0.2) is 48.2 Å². The van der Waals surface area contributed by atoms with Crippen molar-refractivity contribution in [2.75, 3.05) is 42.7 Å². The number of ether oxygens (including phenoxy) is 1. The second-order valence-corrected chi connectivity index (χ2v) is 11.1. The fraction of sp³-hybridized carbons (Fsp3) is 0.267. The second-order valence-electron chi connectivity index (χ2n) is 9.99. The van der Waals surface area contributed by atoms with Gasteiger partial charge in [0.1, 0.15) is 17.7 Å². The number of nitrogens with two attached hydrogens (primary N) is 1. The molecule has 0 radical (unpaired) electrons. The lowest BCUT2D eigenvalue weighted by Crippen LogP contribution is -2.37. The zero-order valence-corrected chi connectivity index (χ0v) is 22.6. The summed E-state index contributed by atoms with van der Waals surface area (Å²) in [5.41, 5.74) is 10.4. The van der Waals surface area contributed by atoms with Crippen LogP contribution in [0.15, 0.2) is 88.9 Å². The van der Waals surface area contributed by atoms with Crippen LogP contribution < -0.4 is 20.3 Å². The summed E-state index contributed by atoms with van der Waals surface area (Å²) in [7, 11) is 4.14. The number of pyridine rings is 2. The summed E-state index contributed by atoms with van der Waals surface area (Å²) in [5, 5.41) is 0. The smallest absolute Gasteiger partial charge is 0.151 e. The first kappa shape index (κ1) is 24.6. The third-order valence-electron chi connectivity index (χ3n) is 7.07. The molecule has 0 amide bonds. The quantitative estimate of drug-likeness (QED) is 0.286. The summed E-state index contributed by atoms with van der Waals surface area (Å²) in [6.07, 6.45) is 5.87. The van der Waals surface area contributed by atoms with Gasteiger partial charge in [-0.05, 0) is 85.1 Å². The monoisotopic (exact) mass is 524 g/mol. The Balaban J connectivity index is 1.16. The Bertz CT molecular complexity index is 1420. The van der Waals surface area contributed by atoms with E-state index in [1.165, 1.54) is 10.5 Å². The minimum Gasteiger partial charge on any atom is -0.490 e. The first-order valence-corrected chi connectivity index (χ1v) is 13.8. The Morgan fingerprint density at radius 1 is 0.947 bits per heavy atom. The molecule has 8 heteroatoms. The maximum Gasteiger partial charge on any atom is 0.151 e. The van der Waals surface area contributed by atoms with Crippen LogP contribution >= 0.6 is 11.8 Å². The molecule has 2 N–H and O–H groups in total. The number of piperidine rings is 1. The number of likely N-dealkylation sites (tertiary alicyclic amines) is 1. The molecule has 4 aromatic rings. The minimum atomic E-state index is 0.219. The normalized spacial score (nSPS) is 15.6. The molecule has 2 aliphatic heterocycles. The van der Waals surface area contributed by atoms with Crippen LogP contribution in [0.3, 0.4) is 0 Å². The molecular weight excluding hydrogens is 492 g/mol. The molecule has 194 valence electrons. The zero-order chi connectivity index (χ0) is 26.1.